The average molecular weight is 341 g/mol. The molecule has 0 bridgehead atoms. The van der Waals surface area contributed by atoms with Gasteiger partial charge >= 0.3 is 0 Å². The van der Waals surface area contributed by atoms with Crippen LogP contribution in [0, 0.1) is 5.92 Å². The van der Waals surface area contributed by atoms with Gasteiger partial charge in [-0.1, -0.05) is 11.6 Å². The molecule has 0 saturated carbocycles. The summed E-state index contributed by atoms with van der Waals surface area (Å²) in [5.74, 6) is 0.463. The zero-order valence-corrected chi connectivity index (χ0v) is 15.1. The Morgan fingerprint density at radius 2 is 2.27 bits per heavy atom. The quantitative estimate of drug-likeness (QED) is 0.825. The largest absolute Gasteiger partial charge is 0.352 e. The van der Waals surface area contributed by atoms with E-state index in [-0.39, 0.29) is 5.91 Å². The lowest BCUT2D eigenvalue weighted by Crippen LogP contribution is -2.43. The van der Waals surface area contributed by atoms with Gasteiger partial charge in [-0.15, -0.1) is 11.8 Å². The molecule has 1 unspecified atom stereocenters. The number of nitrogens with zero attached hydrogens (tertiary/aromatic N) is 1. The molecule has 122 valence electrons. The van der Waals surface area contributed by atoms with Gasteiger partial charge in [-0.05, 0) is 63.6 Å². The van der Waals surface area contributed by atoms with Crippen LogP contribution in [0.25, 0.3) is 0 Å². The van der Waals surface area contributed by atoms with Gasteiger partial charge in [-0.3, -0.25) is 4.79 Å². The molecule has 0 radical (unpaired) electrons. The van der Waals surface area contributed by atoms with Crippen molar-refractivity contribution in [3.8, 4) is 0 Å². The maximum atomic E-state index is 12.4. The number of carbonyl (C=O) groups is 1. The highest BCUT2D eigenvalue weighted by Crippen LogP contribution is 2.23. The van der Waals surface area contributed by atoms with Gasteiger partial charge < -0.3 is 10.2 Å². The molecule has 1 amide bonds. The Labute approximate surface area is 142 Å². The van der Waals surface area contributed by atoms with Gasteiger partial charge in [0, 0.05) is 24.0 Å². The zero-order valence-electron chi connectivity index (χ0n) is 13.6. The smallest absolute Gasteiger partial charge is 0.252 e. The maximum absolute atomic E-state index is 12.4. The molecule has 5 heteroatoms. The number of benzene rings is 1. The van der Waals surface area contributed by atoms with Crippen molar-refractivity contribution >= 4 is 29.3 Å². The van der Waals surface area contributed by atoms with Crippen LogP contribution in [-0.4, -0.2) is 42.7 Å². The van der Waals surface area contributed by atoms with E-state index in [1.165, 1.54) is 19.4 Å². The van der Waals surface area contributed by atoms with Crippen molar-refractivity contribution in [1.82, 2.24) is 10.2 Å². The predicted molar refractivity (Wildman–Crippen MR) is 95.0 cm³/mol. The molecule has 1 aromatic carbocycles. The van der Waals surface area contributed by atoms with E-state index in [9.17, 15) is 4.79 Å². The minimum atomic E-state index is -0.0671. The number of likely N-dealkylation sites (tertiary alicyclic amines) is 1. The first-order chi connectivity index (χ1) is 10.5. The van der Waals surface area contributed by atoms with Crippen molar-refractivity contribution in [1.29, 1.82) is 0 Å². The maximum Gasteiger partial charge on any atom is 0.252 e. The summed E-state index contributed by atoms with van der Waals surface area (Å²) in [6, 6.07) is 6.17. The molecular weight excluding hydrogens is 316 g/mol. The van der Waals surface area contributed by atoms with Crippen molar-refractivity contribution in [2.24, 2.45) is 5.92 Å². The zero-order chi connectivity index (χ0) is 16.1. The summed E-state index contributed by atoms with van der Waals surface area (Å²) in [5.41, 5.74) is 0.574. The third-order valence-corrected chi connectivity index (χ3v) is 5.31. The molecule has 3 nitrogen and oxygen atoms in total. The summed E-state index contributed by atoms with van der Waals surface area (Å²) in [4.78, 5) is 15.9. The Morgan fingerprint density at radius 1 is 1.50 bits per heavy atom. The highest BCUT2D eigenvalue weighted by Gasteiger charge is 2.22. The number of carbonyl (C=O) groups excluding carboxylic acids is 1. The molecule has 1 fully saturated rings. The van der Waals surface area contributed by atoms with Crippen molar-refractivity contribution in [2.75, 3.05) is 25.9 Å². The van der Waals surface area contributed by atoms with Crippen LogP contribution in [0.5, 0.6) is 0 Å². The number of nitrogens with one attached hydrogen (secondary N) is 1. The molecule has 1 atom stereocenters. The summed E-state index contributed by atoms with van der Waals surface area (Å²) < 4.78 is 0. The van der Waals surface area contributed by atoms with Crippen LogP contribution < -0.4 is 5.32 Å². The molecule has 1 aliphatic heterocycles. The SMILES string of the molecule is CSc1ccc(Cl)c(C(=O)NCC2CCCN(C(C)C)C2)c1. The van der Waals surface area contributed by atoms with E-state index in [1.807, 2.05) is 18.4 Å². The molecule has 1 aliphatic rings. The molecule has 0 aliphatic carbocycles. The summed E-state index contributed by atoms with van der Waals surface area (Å²) in [6.45, 7) is 7.42. The number of hydrogen-bond acceptors (Lipinski definition) is 3. The molecular formula is C17H25ClN2OS. The third kappa shape index (κ3) is 4.64. The summed E-state index contributed by atoms with van der Waals surface area (Å²) in [7, 11) is 0. The van der Waals surface area contributed by atoms with Gasteiger partial charge in [0.25, 0.3) is 5.91 Å². The second-order valence-corrected chi connectivity index (χ2v) is 7.44. The predicted octanol–water partition coefficient (Wildman–Crippen LogP) is 3.91. The van der Waals surface area contributed by atoms with E-state index < -0.39 is 0 Å². The van der Waals surface area contributed by atoms with Gasteiger partial charge in [0.15, 0.2) is 0 Å². The van der Waals surface area contributed by atoms with Gasteiger partial charge in [0.1, 0.15) is 0 Å². The monoisotopic (exact) mass is 340 g/mol. The molecule has 1 heterocycles. The van der Waals surface area contributed by atoms with E-state index in [2.05, 4.69) is 24.1 Å². The Morgan fingerprint density at radius 3 is 2.95 bits per heavy atom. The molecule has 22 heavy (non-hydrogen) atoms. The Hall–Kier alpha value is -0.710. The molecule has 0 aromatic heterocycles. The van der Waals surface area contributed by atoms with Gasteiger partial charge in [-0.25, -0.2) is 0 Å². The summed E-state index contributed by atoms with van der Waals surface area (Å²) in [5, 5.41) is 3.58. The van der Waals surface area contributed by atoms with Crippen molar-refractivity contribution in [3.63, 3.8) is 0 Å². The van der Waals surface area contributed by atoms with Gasteiger partial charge in [0.05, 0.1) is 10.6 Å². The number of piperidine rings is 1. The fraction of sp³-hybridized carbons (Fsp3) is 0.588. The molecule has 1 aromatic rings. The topological polar surface area (TPSA) is 32.3 Å². The lowest BCUT2D eigenvalue weighted by Gasteiger charge is -2.35. The first-order valence-electron chi connectivity index (χ1n) is 7.87. The minimum Gasteiger partial charge on any atom is -0.352 e. The lowest BCUT2D eigenvalue weighted by atomic mass is 9.97. The number of halogens is 1. The fourth-order valence-electron chi connectivity index (χ4n) is 2.87. The van der Waals surface area contributed by atoms with Crippen LogP contribution >= 0.6 is 23.4 Å². The number of hydrogen-bond donors (Lipinski definition) is 1. The van der Waals surface area contributed by atoms with Gasteiger partial charge in [0.2, 0.25) is 0 Å². The normalized spacial score (nSPS) is 19.4. The molecule has 2 rings (SSSR count). The average Bonchev–Trinajstić information content (AvgIpc) is 2.53. The van der Waals surface area contributed by atoms with E-state index in [1.54, 1.807) is 17.8 Å². The second-order valence-electron chi connectivity index (χ2n) is 6.15. The Kier molecular flexibility index (Phi) is 6.60. The fourth-order valence-corrected chi connectivity index (χ4v) is 3.51. The standard InChI is InChI=1S/C17H25ClN2OS/c1-12(2)20-8-4-5-13(11-20)10-19-17(21)15-9-14(22-3)6-7-16(15)18/h6-7,9,12-13H,4-5,8,10-11H2,1-3H3,(H,19,21). The van der Waals surface area contributed by atoms with Crippen LogP contribution in [-0.2, 0) is 0 Å². The lowest BCUT2D eigenvalue weighted by molar-refractivity contribution is 0.0922. The first kappa shape index (κ1) is 17.6. The third-order valence-electron chi connectivity index (χ3n) is 4.25. The van der Waals surface area contributed by atoms with Crippen LogP contribution in [0.1, 0.15) is 37.0 Å². The Bertz CT molecular complexity index is 521. The highest BCUT2D eigenvalue weighted by atomic mass is 35.5. The van der Waals surface area contributed by atoms with Crippen molar-refractivity contribution in [3.05, 3.63) is 28.8 Å². The second kappa shape index (κ2) is 8.23. The van der Waals surface area contributed by atoms with E-state index in [0.29, 0.717) is 22.5 Å². The molecule has 1 saturated heterocycles. The van der Waals surface area contributed by atoms with E-state index in [0.717, 1.165) is 18.0 Å². The molecule has 0 spiro atoms. The summed E-state index contributed by atoms with van der Waals surface area (Å²) >= 11 is 7.77. The minimum absolute atomic E-state index is 0.0671. The Balaban J connectivity index is 1.92. The van der Waals surface area contributed by atoms with E-state index in [4.69, 9.17) is 11.6 Å². The van der Waals surface area contributed by atoms with Crippen LogP contribution in [0.2, 0.25) is 5.02 Å². The summed E-state index contributed by atoms with van der Waals surface area (Å²) in [6.07, 6.45) is 4.39. The van der Waals surface area contributed by atoms with Crippen molar-refractivity contribution < 1.29 is 4.79 Å². The van der Waals surface area contributed by atoms with Crippen LogP contribution in [0.4, 0.5) is 0 Å². The highest BCUT2D eigenvalue weighted by molar-refractivity contribution is 7.98. The van der Waals surface area contributed by atoms with Crippen LogP contribution in [0.3, 0.4) is 0 Å². The number of rotatable bonds is 5. The molecule has 1 N–H and O–H groups in total. The van der Waals surface area contributed by atoms with Gasteiger partial charge in [-0.2, -0.15) is 0 Å². The first-order valence-corrected chi connectivity index (χ1v) is 9.47. The van der Waals surface area contributed by atoms with Crippen LogP contribution in [0.15, 0.2) is 23.1 Å². The van der Waals surface area contributed by atoms with E-state index >= 15 is 0 Å². The number of thioether (sulfide) groups is 1. The van der Waals surface area contributed by atoms with Crippen molar-refractivity contribution in [2.45, 2.75) is 37.6 Å². The number of amides is 1.